The van der Waals surface area contributed by atoms with E-state index in [-0.39, 0.29) is 0 Å². The molecule has 1 aromatic carbocycles. The summed E-state index contributed by atoms with van der Waals surface area (Å²) in [6.07, 6.45) is 0. The van der Waals surface area contributed by atoms with Crippen LogP contribution in [0.2, 0.25) is 0 Å². The lowest BCUT2D eigenvalue weighted by Crippen LogP contribution is -2.53. The molecule has 0 saturated carbocycles. The largest absolute Gasteiger partial charge is 0.491 e. The van der Waals surface area contributed by atoms with Crippen molar-refractivity contribution in [1.29, 1.82) is 0 Å². The predicted octanol–water partition coefficient (Wildman–Crippen LogP) is 0.283. The Labute approximate surface area is 128 Å². The maximum absolute atomic E-state index is 10.9. The highest BCUT2D eigenvalue weighted by Gasteiger charge is 2.39. The molecular weight excluding hydrogens is 287 g/mol. The van der Waals surface area contributed by atoms with Crippen LogP contribution in [0.1, 0.15) is 27.7 Å². The molecule has 2 aromatic rings. The third-order valence-electron chi connectivity index (χ3n) is 3.79. The minimum absolute atomic E-state index is 0.309. The Balaban J connectivity index is 2.15. The van der Waals surface area contributed by atoms with Crippen molar-refractivity contribution in [2.24, 2.45) is 0 Å². The van der Waals surface area contributed by atoms with Crippen molar-refractivity contribution >= 4 is 12.6 Å². The quantitative estimate of drug-likeness (QED) is 0.685. The molecule has 0 unspecified atom stereocenters. The molecule has 0 bridgehead atoms. The number of H-pyrrole nitrogens is 1. The van der Waals surface area contributed by atoms with Gasteiger partial charge in [-0.3, -0.25) is 9.51 Å². The number of nitrogens with one attached hydrogen (secondary N) is 1. The Morgan fingerprint density at radius 1 is 1.23 bits per heavy atom. The van der Waals surface area contributed by atoms with Crippen molar-refractivity contribution < 1.29 is 19.3 Å². The number of benzene rings is 1. The number of aromatic nitrogens is 2. The Hall–Kier alpha value is -1.90. The zero-order chi connectivity index (χ0) is 16.5. The first kappa shape index (κ1) is 16.5. The molecule has 3 N–H and O–H groups in total. The summed E-state index contributed by atoms with van der Waals surface area (Å²) in [5.74, 6) is -0.321. The third-order valence-corrected chi connectivity index (χ3v) is 3.79. The van der Waals surface area contributed by atoms with Gasteiger partial charge in [0.1, 0.15) is 0 Å². The van der Waals surface area contributed by atoms with Crippen LogP contribution in [-0.4, -0.2) is 38.6 Å². The maximum atomic E-state index is 10.9. The van der Waals surface area contributed by atoms with Gasteiger partial charge in [-0.05, 0) is 33.2 Å². The second-order valence-corrected chi connectivity index (χ2v) is 6.11. The van der Waals surface area contributed by atoms with Crippen LogP contribution in [-0.2, 0) is 4.65 Å². The van der Waals surface area contributed by atoms with Crippen LogP contribution in [0.15, 0.2) is 33.6 Å². The molecule has 2 rings (SSSR count). The second-order valence-electron chi connectivity index (χ2n) is 6.11. The van der Waals surface area contributed by atoms with Crippen molar-refractivity contribution in [3.63, 3.8) is 0 Å². The normalized spacial score (nSPS) is 12.5. The average molecular weight is 306 g/mol. The van der Waals surface area contributed by atoms with Crippen molar-refractivity contribution in [2.45, 2.75) is 38.9 Å². The molecule has 0 aliphatic heterocycles. The van der Waals surface area contributed by atoms with Gasteiger partial charge in [-0.15, -0.1) is 0 Å². The van der Waals surface area contributed by atoms with E-state index < -0.39 is 24.1 Å². The number of hydrogen-bond acceptors (Lipinski definition) is 6. The van der Waals surface area contributed by atoms with Gasteiger partial charge in [0, 0.05) is 5.56 Å². The molecule has 7 nitrogen and oxygen atoms in total. The SMILES string of the molecule is CC(C)(O)C(C)(C)OB(O)c1ccc(-c2noc(=O)[nH]2)cc1. The minimum Gasteiger partial charge on any atom is -0.423 e. The number of aliphatic hydroxyl groups is 1. The molecule has 0 spiro atoms. The molecule has 0 atom stereocenters. The van der Waals surface area contributed by atoms with Gasteiger partial charge >= 0.3 is 12.9 Å². The van der Waals surface area contributed by atoms with Crippen LogP contribution in [0.25, 0.3) is 11.4 Å². The van der Waals surface area contributed by atoms with Gasteiger partial charge in [0.05, 0.1) is 11.2 Å². The highest BCUT2D eigenvalue weighted by atomic mass is 16.5. The molecule has 8 heteroatoms. The summed E-state index contributed by atoms with van der Waals surface area (Å²) in [6.45, 7) is 6.63. The van der Waals surface area contributed by atoms with Gasteiger partial charge in [-0.25, -0.2) is 4.79 Å². The summed E-state index contributed by atoms with van der Waals surface area (Å²) in [5, 5.41) is 23.8. The Bertz CT molecular complexity index is 684. The fourth-order valence-electron chi connectivity index (χ4n) is 1.65. The van der Waals surface area contributed by atoms with Gasteiger partial charge in [-0.2, -0.15) is 0 Å². The topological polar surface area (TPSA) is 109 Å². The van der Waals surface area contributed by atoms with E-state index in [1.165, 1.54) is 0 Å². The predicted molar refractivity (Wildman–Crippen MR) is 81.6 cm³/mol. The lowest BCUT2D eigenvalue weighted by Gasteiger charge is -2.38. The van der Waals surface area contributed by atoms with Crippen LogP contribution in [0.3, 0.4) is 0 Å². The zero-order valence-corrected chi connectivity index (χ0v) is 13.0. The Morgan fingerprint density at radius 3 is 2.27 bits per heavy atom. The lowest BCUT2D eigenvalue weighted by atomic mass is 9.76. The molecule has 0 amide bonds. The van der Waals surface area contributed by atoms with Crippen molar-refractivity contribution in [3.8, 4) is 11.4 Å². The maximum Gasteiger partial charge on any atom is 0.491 e. The van der Waals surface area contributed by atoms with E-state index in [1.807, 2.05) is 0 Å². The number of rotatable bonds is 5. The van der Waals surface area contributed by atoms with Gasteiger partial charge < -0.3 is 14.8 Å². The van der Waals surface area contributed by atoms with Gasteiger partial charge in [0.2, 0.25) is 0 Å². The first-order chi connectivity index (χ1) is 10.1. The molecule has 1 aromatic heterocycles. The molecule has 0 aliphatic rings. The molecule has 0 saturated heterocycles. The standard InChI is InChI=1S/C14H19BN2O5/c1-13(2,19)14(3,4)22-15(20)10-7-5-9(6-8-10)11-16-12(18)21-17-11/h5-8,19-20H,1-4H3,(H,16,17,18). The average Bonchev–Trinajstić information content (AvgIpc) is 2.84. The van der Waals surface area contributed by atoms with E-state index in [9.17, 15) is 14.9 Å². The molecule has 0 aliphatic carbocycles. The third kappa shape index (κ3) is 3.46. The van der Waals surface area contributed by atoms with Gasteiger partial charge in [-0.1, -0.05) is 29.4 Å². The van der Waals surface area contributed by atoms with E-state index in [1.54, 1.807) is 52.0 Å². The molecule has 118 valence electrons. The fourth-order valence-corrected chi connectivity index (χ4v) is 1.65. The monoisotopic (exact) mass is 306 g/mol. The summed E-state index contributed by atoms with van der Waals surface area (Å²) in [4.78, 5) is 13.4. The first-order valence-corrected chi connectivity index (χ1v) is 6.85. The van der Waals surface area contributed by atoms with E-state index in [0.717, 1.165) is 0 Å². The van der Waals surface area contributed by atoms with Crippen LogP contribution >= 0.6 is 0 Å². The summed E-state index contributed by atoms with van der Waals surface area (Å²) in [7, 11) is -1.19. The zero-order valence-electron chi connectivity index (χ0n) is 13.0. The number of nitrogens with zero attached hydrogens (tertiary/aromatic N) is 1. The molecular formula is C14H19BN2O5. The first-order valence-electron chi connectivity index (χ1n) is 6.85. The van der Waals surface area contributed by atoms with E-state index in [0.29, 0.717) is 16.9 Å². The molecule has 22 heavy (non-hydrogen) atoms. The Morgan fingerprint density at radius 2 is 1.82 bits per heavy atom. The minimum atomic E-state index is -1.19. The second kappa shape index (κ2) is 5.71. The lowest BCUT2D eigenvalue weighted by molar-refractivity contribution is -0.0982. The van der Waals surface area contributed by atoms with Crippen LogP contribution < -0.4 is 11.2 Å². The summed E-state index contributed by atoms with van der Waals surface area (Å²) >= 11 is 0. The summed E-state index contributed by atoms with van der Waals surface area (Å²) < 4.78 is 9.99. The van der Waals surface area contributed by atoms with Crippen molar-refractivity contribution in [1.82, 2.24) is 10.1 Å². The van der Waals surface area contributed by atoms with Gasteiger partial charge in [0.15, 0.2) is 5.82 Å². The smallest absolute Gasteiger partial charge is 0.423 e. The highest BCUT2D eigenvalue weighted by Crippen LogP contribution is 2.25. The van der Waals surface area contributed by atoms with E-state index in [4.69, 9.17) is 4.65 Å². The number of hydrogen-bond donors (Lipinski definition) is 3. The van der Waals surface area contributed by atoms with Crippen LogP contribution in [0.5, 0.6) is 0 Å². The fraction of sp³-hybridized carbons (Fsp3) is 0.429. The van der Waals surface area contributed by atoms with Crippen LogP contribution in [0.4, 0.5) is 0 Å². The summed E-state index contributed by atoms with van der Waals surface area (Å²) in [6, 6.07) is 6.64. The highest BCUT2D eigenvalue weighted by molar-refractivity contribution is 6.60. The number of aromatic amines is 1. The van der Waals surface area contributed by atoms with Crippen molar-refractivity contribution in [2.75, 3.05) is 0 Å². The van der Waals surface area contributed by atoms with E-state index in [2.05, 4.69) is 14.7 Å². The van der Waals surface area contributed by atoms with Crippen molar-refractivity contribution in [3.05, 3.63) is 34.8 Å². The van der Waals surface area contributed by atoms with Gasteiger partial charge in [0.25, 0.3) is 0 Å². The van der Waals surface area contributed by atoms with Crippen LogP contribution in [0, 0.1) is 0 Å². The van der Waals surface area contributed by atoms with E-state index >= 15 is 0 Å². The summed E-state index contributed by atoms with van der Waals surface area (Å²) in [5.41, 5.74) is -0.897. The Kier molecular flexibility index (Phi) is 4.28. The molecule has 0 radical (unpaired) electrons. The molecule has 0 fully saturated rings. The molecule has 1 heterocycles.